The molecule has 0 amide bonds. The van der Waals surface area contributed by atoms with Gasteiger partial charge in [0.25, 0.3) is 0 Å². The highest BCUT2D eigenvalue weighted by Crippen LogP contribution is 2.33. The van der Waals surface area contributed by atoms with Gasteiger partial charge in [-0.05, 0) is 30.0 Å². The van der Waals surface area contributed by atoms with Crippen molar-refractivity contribution in [2.45, 2.75) is 45.7 Å². The molecule has 0 radical (unpaired) electrons. The van der Waals surface area contributed by atoms with Crippen LogP contribution in [0.2, 0.25) is 0 Å². The summed E-state index contributed by atoms with van der Waals surface area (Å²) in [5.74, 6) is 0.486. The molecule has 0 spiro atoms. The number of rotatable bonds is 7. The molecule has 0 heterocycles. The topological polar surface area (TPSA) is 12.0 Å². The van der Waals surface area contributed by atoms with Crippen LogP contribution in [0, 0.1) is 5.92 Å². The standard InChI is InChI=1S/C16H24F3N/c1-4-7-12(3)15(11-20-5-2)13-8-6-9-14(10-13)16(17,18)19/h6,8-10,12,15,20H,4-5,7,11H2,1-3H3. The minimum Gasteiger partial charge on any atom is -0.316 e. The van der Waals surface area contributed by atoms with Gasteiger partial charge in [0.15, 0.2) is 0 Å². The van der Waals surface area contributed by atoms with Crippen LogP contribution in [-0.2, 0) is 6.18 Å². The molecule has 0 aliphatic carbocycles. The molecule has 0 aliphatic rings. The maximum Gasteiger partial charge on any atom is 0.416 e. The summed E-state index contributed by atoms with van der Waals surface area (Å²) in [7, 11) is 0. The van der Waals surface area contributed by atoms with Crippen molar-refractivity contribution in [3.63, 3.8) is 0 Å². The van der Waals surface area contributed by atoms with Gasteiger partial charge in [0.05, 0.1) is 5.56 Å². The van der Waals surface area contributed by atoms with E-state index in [0.717, 1.165) is 37.6 Å². The highest BCUT2D eigenvalue weighted by atomic mass is 19.4. The van der Waals surface area contributed by atoms with Crippen LogP contribution < -0.4 is 5.32 Å². The number of hydrogen-bond donors (Lipinski definition) is 1. The molecular weight excluding hydrogens is 263 g/mol. The summed E-state index contributed by atoms with van der Waals surface area (Å²) in [6.07, 6.45) is -2.21. The van der Waals surface area contributed by atoms with Crippen molar-refractivity contribution in [1.29, 1.82) is 0 Å². The second-order valence-electron chi connectivity index (χ2n) is 5.30. The van der Waals surface area contributed by atoms with Crippen molar-refractivity contribution in [1.82, 2.24) is 5.32 Å². The maximum atomic E-state index is 12.8. The fourth-order valence-corrected chi connectivity index (χ4v) is 2.55. The fraction of sp³-hybridized carbons (Fsp3) is 0.625. The Morgan fingerprint density at radius 1 is 1.20 bits per heavy atom. The van der Waals surface area contributed by atoms with Crippen LogP contribution in [0.3, 0.4) is 0 Å². The van der Waals surface area contributed by atoms with Gasteiger partial charge in [0, 0.05) is 6.54 Å². The largest absolute Gasteiger partial charge is 0.416 e. The van der Waals surface area contributed by atoms with Crippen LogP contribution in [0.4, 0.5) is 13.2 Å². The van der Waals surface area contributed by atoms with E-state index in [1.807, 2.05) is 13.0 Å². The molecule has 114 valence electrons. The van der Waals surface area contributed by atoms with E-state index in [-0.39, 0.29) is 5.92 Å². The lowest BCUT2D eigenvalue weighted by molar-refractivity contribution is -0.137. The van der Waals surface area contributed by atoms with Gasteiger partial charge in [-0.3, -0.25) is 0 Å². The normalized spacial score (nSPS) is 15.1. The summed E-state index contributed by atoms with van der Waals surface area (Å²) in [6.45, 7) is 7.78. The predicted molar refractivity (Wildman–Crippen MR) is 76.8 cm³/mol. The van der Waals surface area contributed by atoms with Crippen molar-refractivity contribution >= 4 is 0 Å². The third-order valence-corrected chi connectivity index (χ3v) is 3.69. The van der Waals surface area contributed by atoms with Gasteiger partial charge in [-0.2, -0.15) is 13.2 Å². The van der Waals surface area contributed by atoms with Gasteiger partial charge < -0.3 is 5.32 Å². The van der Waals surface area contributed by atoms with Crippen LogP contribution in [0.15, 0.2) is 24.3 Å². The predicted octanol–water partition coefficient (Wildman–Crippen LogP) is 4.83. The fourth-order valence-electron chi connectivity index (χ4n) is 2.55. The first-order chi connectivity index (χ1) is 9.40. The Balaban J connectivity index is 3.00. The Kier molecular flexibility index (Phi) is 6.53. The van der Waals surface area contributed by atoms with Crippen LogP contribution in [0.25, 0.3) is 0 Å². The molecule has 0 saturated heterocycles. The summed E-state index contributed by atoms with van der Waals surface area (Å²) >= 11 is 0. The Hall–Kier alpha value is -1.03. The second-order valence-corrected chi connectivity index (χ2v) is 5.30. The average Bonchev–Trinajstić information content (AvgIpc) is 2.39. The van der Waals surface area contributed by atoms with Gasteiger partial charge in [0.1, 0.15) is 0 Å². The van der Waals surface area contributed by atoms with E-state index in [1.165, 1.54) is 12.1 Å². The number of likely N-dealkylation sites (N-methyl/N-ethyl adjacent to an activating group) is 1. The molecule has 0 bridgehead atoms. The molecule has 2 unspecified atom stereocenters. The van der Waals surface area contributed by atoms with Gasteiger partial charge in [-0.25, -0.2) is 0 Å². The average molecular weight is 287 g/mol. The third-order valence-electron chi connectivity index (χ3n) is 3.69. The number of benzene rings is 1. The van der Waals surface area contributed by atoms with E-state index in [1.54, 1.807) is 0 Å². The van der Waals surface area contributed by atoms with E-state index >= 15 is 0 Å². The first-order valence-corrected chi connectivity index (χ1v) is 7.28. The molecule has 0 fully saturated rings. The summed E-state index contributed by atoms with van der Waals surface area (Å²) in [5.41, 5.74) is 0.224. The molecule has 4 heteroatoms. The SMILES string of the molecule is CCCC(C)C(CNCC)c1cccc(C(F)(F)F)c1. The van der Waals surface area contributed by atoms with Crippen molar-refractivity contribution in [3.05, 3.63) is 35.4 Å². The first-order valence-electron chi connectivity index (χ1n) is 7.28. The molecule has 1 rings (SSSR count). The lowest BCUT2D eigenvalue weighted by Crippen LogP contribution is -2.25. The molecule has 1 nitrogen and oxygen atoms in total. The molecule has 1 aromatic rings. The monoisotopic (exact) mass is 287 g/mol. The summed E-state index contributed by atoms with van der Waals surface area (Å²) in [6, 6.07) is 5.76. The van der Waals surface area contributed by atoms with Crippen molar-refractivity contribution < 1.29 is 13.2 Å². The second kappa shape index (κ2) is 7.67. The number of alkyl halides is 3. The first kappa shape index (κ1) is 17.0. The van der Waals surface area contributed by atoms with Crippen LogP contribution >= 0.6 is 0 Å². The minimum atomic E-state index is -4.27. The van der Waals surface area contributed by atoms with Crippen LogP contribution in [0.5, 0.6) is 0 Å². The number of hydrogen-bond acceptors (Lipinski definition) is 1. The molecule has 2 atom stereocenters. The zero-order chi connectivity index (χ0) is 15.2. The Bertz CT molecular complexity index is 401. The molecule has 1 N–H and O–H groups in total. The van der Waals surface area contributed by atoms with E-state index in [9.17, 15) is 13.2 Å². The molecule has 1 aromatic carbocycles. The minimum absolute atomic E-state index is 0.122. The van der Waals surface area contributed by atoms with Crippen LogP contribution in [0.1, 0.15) is 50.7 Å². The lowest BCUT2D eigenvalue weighted by Gasteiger charge is -2.25. The number of halogens is 3. The number of nitrogens with one attached hydrogen (secondary N) is 1. The van der Waals surface area contributed by atoms with Gasteiger partial charge in [-0.15, -0.1) is 0 Å². The zero-order valence-corrected chi connectivity index (χ0v) is 12.4. The molecule has 20 heavy (non-hydrogen) atoms. The summed E-state index contributed by atoms with van der Waals surface area (Å²) in [5, 5.41) is 3.26. The van der Waals surface area contributed by atoms with Crippen molar-refractivity contribution in [2.24, 2.45) is 5.92 Å². The Morgan fingerprint density at radius 2 is 1.90 bits per heavy atom. The van der Waals surface area contributed by atoms with E-state index < -0.39 is 11.7 Å². The van der Waals surface area contributed by atoms with E-state index in [0.29, 0.717) is 5.92 Å². The van der Waals surface area contributed by atoms with E-state index in [2.05, 4.69) is 19.2 Å². The molecule has 0 aromatic heterocycles. The van der Waals surface area contributed by atoms with E-state index in [4.69, 9.17) is 0 Å². The summed E-state index contributed by atoms with van der Waals surface area (Å²) in [4.78, 5) is 0. The molecular formula is C16H24F3N. The smallest absolute Gasteiger partial charge is 0.316 e. The summed E-state index contributed by atoms with van der Waals surface area (Å²) < 4.78 is 38.5. The van der Waals surface area contributed by atoms with Gasteiger partial charge in [0.2, 0.25) is 0 Å². The zero-order valence-electron chi connectivity index (χ0n) is 12.4. The van der Waals surface area contributed by atoms with Crippen molar-refractivity contribution in [3.8, 4) is 0 Å². The highest BCUT2D eigenvalue weighted by Gasteiger charge is 2.31. The van der Waals surface area contributed by atoms with Crippen molar-refractivity contribution in [2.75, 3.05) is 13.1 Å². The lowest BCUT2D eigenvalue weighted by atomic mass is 9.84. The third kappa shape index (κ3) is 4.82. The quantitative estimate of drug-likeness (QED) is 0.757. The van der Waals surface area contributed by atoms with Gasteiger partial charge in [-0.1, -0.05) is 51.8 Å². The molecule has 0 aliphatic heterocycles. The maximum absolute atomic E-state index is 12.8. The highest BCUT2D eigenvalue weighted by molar-refractivity contribution is 5.29. The molecule has 0 saturated carbocycles. The Labute approximate surface area is 119 Å². The van der Waals surface area contributed by atoms with Crippen LogP contribution in [-0.4, -0.2) is 13.1 Å². The Morgan fingerprint density at radius 3 is 2.45 bits per heavy atom. The van der Waals surface area contributed by atoms with Gasteiger partial charge >= 0.3 is 6.18 Å².